The van der Waals surface area contributed by atoms with E-state index in [2.05, 4.69) is 6.58 Å². The summed E-state index contributed by atoms with van der Waals surface area (Å²) in [6.45, 7) is 5.36. The topological polar surface area (TPSA) is 21.7 Å². The average molecular weight is 115 g/mol. The summed E-state index contributed by atoms with van der Waals surface area (Å²) in [5.41, 5.74) is 0. The van der Waals surface area contributed by atoms with Crippen molar-refractivity contribution >= 4 is 0 Å². The van der Waals surface area contributed by atoms with Gasteiger partial charge in [-0.2, -0.15) is 0 Å². The molecular weight excluding hydrogens is 106 g/mol. The van der Waals surface area contributed by atoms with Gasteiger partial charge in [0.2, 0.25) is 0 Å². The second-order valence-electron chi connectivity index (χ2n) is 1.73. The fourth-order valence-corrected chi connectivity index (χ4v) is 0.521. The lowest BCUT2D eigenvalue weighted by atomic mass is 10.7. The molecule has 0 radical (unpaired) electrons. The molecule has 1 heterocycles. The van der Waals surface area contributed by atoms with Crippen molar-refractivity contribution in [2.45, 2.75) is 13.2 Å². The van der Waals surface area contributed by atoms with Crippen molar-refractivity contribution in [3.63, 3.8) is 0 Å². The predicted molar refractivity (Wildman–Crippen MR) is 28.5 cm³/mol. The average Bonchev–Trinajstić information content (AvgIpc) is 1.85. The molecule has 1 aliphatic rings. The first-order valence-electron chi connectivity index (χ1n) is 2.46. The molecule has 46 valence electrons. The highest BCUT2D eigenvalue weighted by Crippen LogP contribution is 2.15. The third kappa shape index (κ3) is 0.767. The van der Waals surface area contributed by atoms with Crippen LogP contribution in [0.5, 0.6) is 0 Å². The number of hydroxylamine groups is 2. The second kappa shape index (κ2) is 1.67. The van der Waals surface area contributed by atoms with Gasteiger partial charge in [0.15, 0.2) is 6.23 Å². The van der Waals surface area contributed by atoms with E-state index in [4.69, 9.17) is 9.57 Å². The summed E-state index contributed by atoms with van der Waals surface area (Å²) in [5.74, 6) is 0.375. The summed E-state index contributed by atoms with van der Waals surface area (Å²) >= 11 is 0. The van der Waals surface area contributed by atoms with Gasteiger partial charge in [-0.1, -0.05) is 0 Å². The van der Waals surface area contributed by atoms with Crippen LogP contribution in [0, 0.1) is 0 Å². The van der Waals surface area contributed by atoms with Gasteiger partial charge >= 0.3 is 0 Å². The third-order valence-electron chi connectivity index (χ3n) is 1.06. The summed E-state index contributed by atoms with van der Waals surface area (Å²) < 4.78 is 4.98. The third-order valence-corrected chi connectivity index (χ3v) is 1.06. The minimum Gasteiger partial charge on any atom is -0.443 e. The monoisotopic (exact) mass is 115 g/mol. The molecule has 0 N–H and O–H groups in total. The Morgan fingerprint density at radius 3 is 2.50 bits per heavy atom. The van der Waals surface area contributed by atoms with Gasteiger partial charge in [-0.3, -0.25) is 0 Å². The Bertz CT molecular complexity index is 101. The highest BCUT2D eigenvalue weighted by molar-refractivity contribution is 4.72. The normalized spacial score (nSPS) is 29.8. The van der Waals surface area contributed by atoms with Crippen LogP contribution in [0.4, 0.5) is 0 Å². The van der Waals surface area contributed by atoms with Gasteiger partial charge in [0, 0.05) is 7.05 Å². The Hall–Kier alpha value is -0.700. The summed E-state index contributed by atoms with van der Waals surface area (Å²) in [4.78, 5) is 4.89. The maximum atomic E-state index is 4.98. The smallest absolute Gasteiger partial charge is 0.294 e. The molecule has 1 fully saturated rings. The molecule has 0 aliphatic carbocycles. The zero-order valence-corrected chi connectivity index (χ0v) is 5.05. The van der Waals surface area contributed by atoms with Crippen molar-refractivity contribution in [1.82, 2.24) is 5.06 Å². The van der Waals surface area contributed by atoms with Gasteiger partial charge in [-0.25, -0.2) is 0 Å². The minimum absolute atomic E-state index is 0.00231. The Labute approximate surface area is 48.4 Å². The maximum Gasteiger partial charge on any atom is 0.294 e. The minimum atomic E-state index is 0.00231. The van der Waals surface area contributed by atoms with Gasteiger partial charge in [-0.15, -0.1) is 5.06 Å². The lowest BCUT2D eigenvalue weighted by Gasteiger charge is -2.06. The van der Waals surface area contributed by atoms with E-state index in [0.717, 1.165) is 0 Å². The molecule has 0 saturated carbocycles. The standard InChI is InChI=1S/C5H9NO2/c1-4-6(3)8-5(2)7-4/h4H,2H2,1,3H3. The summed E-state index contributed by atoms with van der Waals surface area (Å²) in [5, 5.41) is 1.60. The molecule has 3 nitrogen and oxygen atoms in total. The van der Waals surface area contributed by atoms with Crippen molar-refractivity contribution in [1.29, 1.82) is 0 Å². The molecule has 1 aliphatic heterocycles. The highest BCUT2D eigenvalue weighted by Gasteiger charge is 2.21. The first kappa shape index (κ1) is 5.44. The summed E-state index contributed by atoms with van der Waals surface area (Å²) in [7, 11) is 1.79. The van der Waals surface area contributed by atoms with Crippen molar-refractivity contribution in [2.24, 2.45) is 0 Å². The zero-order valence-electron chi connectivity index (χ0n) is 5.05. The molecule has 0 aromatic rings. The lowest BCUT2D eigenvalue weighted by molar-refractivity contribution is -0.0818. The molecule has 0 amide bonds. The van der Waals surface area contributed by atoms with E-state index in [9.17, 15) is 0 Å². The van der Waals surface area contributed by atoms with E-state index in [1.165, 1.54) is 0 Å². The van der Waals surface area contributed by atoms with Crippen LogP contribution in [0.25, 0.3) is 0 Å². The summed E-state index contributed by atoms with van der Waals surface area (Å²) in [6, 6.07) is 0. The van der Waals surface area contributed by atoms with E-state index in [0.29, 0.717) is 5.95 Å². The number of rotatable bonds is 0. The number of hydrogen-bond acceptors (Lipinski definition) is 3. The van der Waals surface area contributed by atoms with Crippen LogP contribution in [0.15, 0.2) is 12.5 Å². The van der Waals surface area contributed by atoms with Gasteiger partial charge in [0.1, 0.15) is 0 Å². The Morgan fingerprint density at radius 1 is 1.75 bits per heavy atom. The largest absolute Gasteiger partial charge is 0.443 e. The van der Waals surface area contributed by atoms with Crippen molar-refractivity contribution in [3.05, 3.63) is 12.5 Å². The van der Waals surface area contributed by atoms with Crippen LogP contribution in [0.2, 0.25) is 0 Å². The van der Waals surface area contributed by atoms with E-state index in [1.807, 2.05) is 6.92 Å². The van der Waals surface area contributed by atoms with E-state index in [-0.39, 0.29) is 6.23 Å². The van der Waals surface area contributed by atoms with Crippen molar-refractivity contribution < 1.29 is 9.57 Å². The Balaban J connectivity index is 2.51. The molecule has 0 aromatic carbocycles. The van der Waals surface area contributed by atoms with Crippen LogP contribution in [-0.4, -0.2) is 18.3 Å². The fourth-order valence-electron chi connectivity index (χ4n) is 0.521. The molecule has 1 atom stereocenters. The number of hydrogen-bond donors (Lipinski definition) is 0. The number of ether oxygens (including phenoxy) is 1. The zero-order chi connectivity index (χ0) is 6.15. The van der Waals surface area contributed by atoms with Crippen LogP contribution < -0.4 is 0 Å². The second-order valence-corrected chi connectivity index (χ2v) is 1.73. The molecule has 8 heavy (non-hydrogen) atoms. The van der Waals surface area contributed by atoms with Gasteiger partial charge < -0.3 is 9.57 Å². The van der Waals surface area contributed by atoms with Crippen LogP contribution >= 0.6 is 0 Å². The predicted octanol–water partition coefficient (Wildman–Crippen LogP) is 0.697. The van der Waals surface area contributed by atoms with E-state index >= 15 is 0 Å². The molecule has 1 unspecified atom stereocenters. The maximum absolute atomic E-state index is 4.98. The molecule has 0 aromatic heterocycles. The highest BCUT2D eigenvalue weighted by atomic mass is 16.9. The van der Waals surface area contributed by atoms with Crippen molar-refractivity contribution in [3.8, 4) is 0 Å². The number of nitrogens with zero attached hydrogens (tertiary/aromatic N) is 1. The van der Waals surface area contributed by atoms with Crippen LogP contribution in [-0.2, 0) is 9.57 Å². The van der Waals surface area contributed by atoms with Gasteiger partial charge in [0.05, 0.1) is 0 Å². The molecular formula is C5H9NO2. The first-order chi connectivity index (χ1) is 3.70. The van der Waals surface area contributed by atoms with Crippen LogP contribution in [0.1, 0.15) is 6.92 Å². The van der Waals surface area contributed by atoms with E-state index < -0.39 is 0 Å². The summed E-state index contributed by atoms with van der Waals surface area (Å²) in [6.07, 6.45) is 0.00231. The SMILES string of the molecule is C=C1OC(C)N(C)O1. The molecule has 0 bridgehead atoms. The van der Waals surface area contributed by atoms with Gasteiger partial charge in [0.25, 0.3) is 5.95 Å². The van der Waals surface area contributed by atoms with Gasteiger partial charge in [-0.05, 0) is 13.5 Å². The molecule has 1 saturated heterocycles. The molecule has 1 rings (SSSR count). The quantitative estimate of drug-likeness (QED) is 0.463. The molecule has 0 spiro atoms. The fraction of sp³-hybridized carbons (Fsp3) is 0.600. The Morgan fingerprint density at radius 2 is 2.38 bits per heavy atom. The molecule has 3 heteroatoms. The van der Waals surface area contributed by atoms with Crippen LogP contribution in [0.3, 0.4) is 0 Å². The lowest BCUT2D eigenvalue weighted by Crippen LogP contribution is -2.20. The van der Waals surface area contributed by atoms with E-state index in [1.54, 1.807) is 12.1 Å². The first-order valence-corrected chi connectivity index (χ1v) is 2.46. The van der Waals surface area contributed by atoms with Crippen molar-refractivity contribution in [2.75, 3.05) is 7.05 Å². The Kier molecular flexibility index (Phi) is 1.13.